The zero-order chi connectivity index (χ0) is 10.8. The quantitative estimate of drug-likeness (QED) is 0.688. The molecule has 0 radical (unpaired) electrons. The van der Waals surface area contributed by atoms with Crippen LogP contribution in [0.3, 0.4) is 0 Å². The smallest absolute Gasteiger partial charge is 0.125 e. The fourth-order valence-corrected chi connectivity index (χ4v) is 1.38. The number of rotatable bonds is 2. The Morgan fingerprint density at radius 2 is 1.12 bits per heavy atom. The molecule has 2 aliphatic rings. The van der Waals surface area contributed by atoms with Crippen molar-refractivity contribution in [1.29, 1.82) is 0 Å². The van der Waals surface area contributed by atoms with Crippen molar-refractivity contribution in [3.8, 4) is 0 Å². The van der Waals surface area contributed by atoms with Crippen molar-refractivity contribution in [3.63, 3.8) is 0 Å². The maximum Gasteiger partial charge on any atom is 0.211 e. The Morgan fingerprint density at radius 1 is 0.688 bits per heavy atom. The van der Waals surface area contributed by atoms with E-state index in [0.29, 0.717) is 11.6 Å². The van der Waals surface area contributed by atoms with E-state index in [9.17, 15) is 0 Å². The number of hydrogen-bond donors (Lipinski definition) is 0. The summed E-state index contributed by atoms with van der Waals surface area (Å²) in [6.45, 7) is 0. The summed E-state index contributed by atoms with van der Waals surface area (Å²) in [5, 5.41) is 16.0. The molecule has 0 saturated heterocycles. The van der Waals surface area contributed by atoms with Gasteiger partial charge in [0.15, 0.2) is 0 Å². The van der Waals surface area contributed by atoms with Gasteiger partial charge in [-0.15, -0.1) is 31.9 Å². The highest BCUT2D eigenvalue weighted by Gasteiger charge is 2.08. The van der Waals surface area contributed by atoms with Gasteiger partial charge in [-0.25, -0.2) is 0 Å². The van der Waals surface area contributed by atoms with Gasteiger partial charge >= 0.3 is 0 Å². The van der Waals surface area contributed by atoms with E-state index >= 15 is 0 Å². The van der Waals surface area contributed by atoms with Gasteiger partial charge in [-0.2, -0.15) is 0 Å². The molecule has 0 aliphatic heterocycles. The molecule has 1 aromatic rings. The topological polar surface area (TPSA) is 51.6 Å². The summed E-state index contributed by atoms with van der Waals surface area (Å²) in [6, 6.07) is 0. The minimum atomic E-state index is 0.486. The normalized spacial score (nSPS) is 15.8. The molecule has 2 aliphatic carbocycles. The zero-order valence-electron chi connectivity index (χ0n) is 8.25. The van der Waals surface area contributed by atoms with E-state index in [1.165, 1.54) is 0 Å². The maximum atomic E-state index is 4.00. The van der Waals surface area contributed by atoms with Gasteiger partial charge in [0.05, 0.1) is 11.1 Å². The average molecular weight is 206 g/mol. The van der Waals surface area contributed by atoms with Gasteiger partial charge in [-0.1, -0.05) is 12.2 Å². The minimum absolute atomic E-state index is 0.486. The van der Waals surface area contributed by atoms with Crippen LogP contribution in [-0.4, -0.2) is 20.4 Å². The van der Waals surface area contributed by atoms with E-state index in [4.69, 9.17) is 0 Å². The summed E-state index contributed by atoms with van der Waals surface area (Å²) >= 11 is 0. The summed E-state index contributed by atoms with van der Waals surface area (Å²) in [5.74, 6) is 0.973. The van der Waals surface area contributed by atoms with Gasteiger partial charge in [-0.3, -0.25) is 0 Å². The third kappa shape index (κ3) is 1.44. The van der Waals surface area contributed by atoms with Gasteiger partial charge in [0.25, 0.3) is 0 Å². The molecule has 0 aromatic carbocycles. The van der Waals surface area contributed by atoms with Crippen LogP contribution >= 0.6 is 0 Å². The van der Waals surface area contributed by atoms with E-state index in [0.717, 1.165) is 11.1 Å². The van der Waals surface area contributed by atoms with Crippen molar-refractivity contribution in [2.45, 2.75) is 0 Å². The number of aromatic nitrogens is 4. The Bertz CT molecular complexity index is 562. The van der Waals surface area contributed by atoms with E-state index < -0.39 is 0 Å². The van der Waals surface area contributed by atoms with Gasteiger partial charge in [0.2, 0.25) is 11.6 Å². The molecule has 0 bridgehead atoms. The Labute approximate surface area is 91.7 Å². The van der Waals surface area contributed by atoms with Crippen LogP contribution in [0, 0.1) is 0 Å². The van der Waals surface area contributed by atoms with Crippen LogP contribution in [0.1, 0.15) is 11.6 Å². The van der Waals surface area contributed by atoms with Crippen molar-refractivity contribution < 1.29 is 0 Å². The summed E-state index contributed by atoms with van der Waals surface area (Å²) in [6.07, 6.45) is 11.1. The number of allylic oxidation sites excluding steroid dienone is 6. The van der Waals surface area contributed by atoms with Crippen LogP contribution in [0.25, 0.3) is 11.1 Å². The van der Waals surface area contributed by atoms with Crippen molar-refractivity contribution in [1.82, 2.24) is 20.4 Å². The lowest BCUT2D eigenvalue weighted by Crippen LogP contribution is -2.02. The lowest BCUT2D eigenvalue weighted by atomic mass is 10.3. The van der Waals surface area contributed by atoms with E-state index in [-0.39, 0.29) is 0 Å². The fourth-order valence-electron chi connectivity index (χ4n) is 1.38. The highest BCUT2D eigenvalue weighted by Crippen LogP contribution is 2.14. The van der Waals surface area contributed by atoms with E-state index in [1.807, 2.05) is 24.3 Å². The Balaban J connectivity index is 1.97. The molecule has 16 heavy (non-hydrogen) atoms. The van der Waals surface area contributed by atoms with Crippen LogP contribution in [-0.2, 0) is 0 Å². The molecular formula is C12H6N4. The summed E-state index contributed by atoms with van der Waals surface area (Å²) < 4.78 is 0. The predicted octanol–water partition coefficient (Wildman–Crippen LogP) is 1.48. The van der Waals surface area contributed by atoms with Gasteiger partial charge in [0.1, 0.15) is 0 Å². The monoisotopic (exact) mass is 206 g/mol. The zero-order valence-corrected chi connectivity index (χ0v) is 8.25. The van der Waals surface area contributed by atoms with E-state index in [2.05, 4.69) is 31.9 Å². The van der Waals surface area contributed by atoms with Crippen molar-refractivity contribution >= 4 is 11.1 Å². The van der Waals surface area contributed by atoms with Crippen LogP contribution in [0.5, 0.6) is 0 Å². The summed E-state index contributed by atoms with van der Waals surface area (Å²) in [4.78, 5) is 0. The summed E-state index contributed by atoms with van der Waals surface area (Å²) in [5.41, 5.74) is 7.60. The fraction of sp³-hybridized carbons (Fsp3) is 0. The summed E-state index contributed by atoms with van der Waals surface area (Å²) in [7, 11) is 0. The lowest BCUT2D eigenvalue weighted by Gasteiger charge is -1.96. The van der Waals surface area contributed by atoms with Crippen LogP contribution in [0.2, 0.25) is 0 Å². The SMILES string of the molecule is C1=CC=CC=1c1nnc(C2=C=CC=C2)nn1. The molecule has 4 nitrogen and oxygen atoms in total. The first-order valence-electron chi connectivity index (χ1n) is 4.78. The highest BCUT2D eigenvalue weighted by atomic mass is 15.3. The molecule has 0 atom stereocenters. The second-order valence-corrected chi connectivity index (χ2v) is 3.21. The van der Waals surface area contributed by atoms with Crippen LogP contribution in [0.15, 0.2) is 47.9 Å². The molecule has 3 rings (SSSR count). The molecule has 0 N–H and O–H groups in total. The highest BCUT2D eigenvalue weighted by molar-refractivity contribution is 5.73. The molecule has 0 fully saturated rings. The largest absolute Gasteiger partial charge is 0.211 e. The van der Waals surface area contributed by atoms with Crippen LogP contribution in [0.4, 0.5) is 0 Å². The molecule has 74 valence electrons. The van der Waals surface area contributed by atoms with Crippen molar-refractivity contribution in [2.24, 2.45) is 0 Å². The maximum absolute atomic E-state index is 4.00. The second kappa shape index (κ2) is 3.55. The standard InChI is InChI=1S/C12H6N4/c1-2-6-9(5-1)11-13-15-12(16-14-11)10-7-3-4-8-10/h1-5,7H. The molecule has 0 unspecified atom stereocenters. The molecule has 0 spiro atoms. The molecule has 1 heterocycles. The van der Waals surface area contributed by atoms with Crippen LogP contribution < -0.4 is 0 Å². The number of hydrogen-bond acceptors (Lipinski definition) is 4. The molecule has 0 saturated carbocycles. The first-order chi connectivity index (χ1) is 7.93. The minimum Gasteiger partial charge on any atom is -0.125 e. The third-order valence-corrected chi connectivity index (χ3v) is 2.16. The molecular weight excluding hydrogens is 200 g/mol. The van der Waals surface area contributed by atoms with Gasteiger partial charge < -0.3 is 0 Å². The van der Waals surface area contributed by atoms with Gasteiger partial charge in [0, 0.05) is 0 Å². The van der Waals surface area contributed by atoms with E-state index in [1.54, 1.807) is 12.2 Å². The first kappa shape index (κ1) is 8.74. The Hall–Kier alpha value is -2.54. The Morgan fingerprint density at radius 3 is 1.44 bits per heavy atom. The third-order valence-electron chi connectivity index (χ3n) is 2.16. The second-order valence-electron chi connectivity index (χ2n) is 3.21. The first-order valence-corrected chi connectivity index (χ1v) is 4.78. The molecule has 0 amide bonds. The van der Waals surface area contributed by atoms with Crippen molar-refractivity contribution in [2.75, 3.05) is 0 Å². The molecule has 1 aromatic heterocycles. The lowest BCUT2D eigenvalue weighted by molar-refractivity contribution is 0.818. The predicted molar refractivity (Wildman–Crippen MR) is 58.9 cm³/mol. The number of nitrogens with zero attached hydrogens (tertiary/aromatic N) is 4. The average Bonchev–Trinajstić information content (AvgIpc) is 3.03. The molecule has 4 heteroatoms. The van der Waals surface area contributed by atoms with Gasteiger partial charge in [-0.05, 0) is 24.3 Å². The van der Waals surface area contributed by atoms with Crippen molar-refractivity contribution in [3.05, 3.63) is 59.6 Å². The Kier molecular flexibility index (Phi) is 1.94.